The standard InChI is InChI=1S/C13H13ClN2OS2/c14-11-10-7-2-1-3-9(7)19-13(10)16-12(15-11)8-6-18-5-4-17-8/h8H,1-6H2. The molecule has 0 spiro atoms. The first-order valence-corrected chi connectivity index (χ1v) is 8.85. The first-order chi connectivity index (χ1) is 9.33. The van der Waals surface area contributed by atoms with Gasteiger partial charge in [0.05, 0.1) is 12.0 Å². The second-order valence-electron chi connectivity index (χ2n) is 4.84. The molecule has 1 unspecified atom stereocenters. The highest BCUT2D eigenvalue weighted by molar-refractivity contribution is 7.99. The molecule has 1 atom stereocenters. The molecule has 3 nitrogen and oxygen atoms in total. The Morgan fingerprint density at radius 1 is 1.26 bits per heavy atom. The summed E-state index contributed by atoms with van der Waals surface area (Å²) in [5.74, 6) is 2.73. The maximum absolute atomic E-state index is 6.40. The van der Waals surface area contributed by atoms with Gasteiger partial charge in [-0.3, -0.25) is 0 Å². The van der Waals surface area contributed by atoms with E-state index in [0.29, 0.717) is 5.15 Å². The van der Waals surface area contributed by atoms with E-state index in [4.69, 9.17) is 21.3 Å². The summed E-state index contributed by atoms with van der Waals surface area (Å²) in [6.45, 7) is 0.773. The van der Waals surface area contributed by atoms with E-state index in [-0.39, 0.29) is 6.10 Å². The average molecular weight is 313 g/mol. The average Bonchev–Trinajstić information content (AvgIpc) is 2.99. The first-order valence-electron chi connectivity index (χ1n) is 6.50. The van der Waals surface area contributed by atoms with E-state index in [1.807, 2.05) is 11.8 Å². The molecule has 0 aromatic carbocycles. The molecule has 19 heavy (non-hydrogen) atoms. The number of halogens is 1. The van der Waals surface area contributed by atoms with Crippen molar-refractivity contribution in [1.29, 1.82) is 0 Å². The molecule has 0 bridgehead atoms. The van der Waals surface area contributed by atoms with Crippen LogP contribution in [0.4, 0.5) is 0 Å². The number of fused-ring (bicyclic) bond motifs is 3. The van der Waals surface area contributed by atoms with E-state index in [9.17, 15) is 0 Å². The van der Waals surface area contributed by atoms with Gasteiger partial charge < -0.3 is 4.74 Å². The molecule has 100 valence electrons. The fourth-order valence-electron chi connectivity index (χ4n) is 2.75. The fraction of sp³-hybridized carbons (Fsp3) is 0.538. The molecule has 2 aromatic heterocycles. The third-order valence-electron chi connectivity index (χ3n) is 3.64. The summed E-state index contributed by atoms with van der Waals surface area (Å²) >= 11 is 10.1. The van der Waals surface area contributed by atoms with Gasteiger partial charge in [-0.05, 0) is 24.8 Å². The van der Waals surface area contributed by atoms with Crippen LogP contribution in [0.5, 0.6) is 0 Å². The van der Waals surface area contributed by atoms with Crippen LogP contribution < -0.4 is 0 Å². The quantitative estimate of drug-likeness (QED) is 0.753. The molecule has 1 fully saturated rings. The number of aromatic nitrogens is 2. The topological polar surface area (TPSA) is 35.0 Å². The lowest BCUT2D eigenvalue weighted by Crippen LogP contribution is -2.18. The van der Waals surface area contributed by atoms with E-state index in [1.54, 1.807) is 11.3 Å². The normalized spacial score (nSPS) is 22.9. The maximum Gasteiger partial charge on any atom is 0.161 e. The minimum Gasteiger partial charge on any atom is -0.368 e. The zero-order chi connectivity index (χ0) is 12.8. The molecule has 4 rings (SSSR count). The second kappa shape index (κ2) is 4.88. The zero-order valence-electron chi connectivity index (χ0n) is 10.3. The van der Waals surface area contributed by atoms with E-state index in [0.717, 1.165) is 47.0 Å². The summed E-state index contributed by atoms with van der Waals surface area (Å²) in [6.07, 6.45) is 3.51. The third-order valence-corrected chi connectivity index (χ3v) is 6.09. The van der Waals surface area contributed by atoms with Crippen molar-refractivity contribution in [2.24, 2.45) is 0 Å². The number of thiophene rings is 1. The van der Waals surface area contributed by atoms with Crippen LogP contribution in [0.25, 0.3) is 10.2 Å². The Labute approximate surface area is 124 Å². The lowest BCUT2D eigenvalue weighted by molar-refractivity contribution is 0.0697. The summed E-state index contributed by atoms with van der Waals surface area (Å²) in [5.41, 5.74) is 1.38. The Balaban J connectivity index is 1.82. The first kappa shape index (κ1) is 12.4. The van der Waals surface area contributed by atoms with Gasteiger partial charge in [0.15, 0.2) is 5.82 Å². The van der Waals surface area contributed by atoms with Gasteiger partial charge in [0.25, 0.3) is 0 Å². The van der Waals surface area contributed by atoms with E-state index in [2.05, 4.69) is 4.98 Å². The van der Waals surface area contributed by atoms with Crippen LogP contribution in [0, 0.1) is 0 Å². The van der Waals surface area contributed by atoms with E-state index >= 15 is 0 Å². The Morgan fingerprint density at radius 2 is 2.21 bits per heavy atom. The number of aryl methyl sites for hydroxylation is 2. The second-order valence-corrected chi connectivity index (χ2v) is 7.44. The minimum absolute atomic E-state index is 0.00223. The van der Waals surface area contributed by atoms with Crippen molar-refractivity contribution in [3.63, 3.8) is 0 Å². The molecular weight excluding hydrogens is 300 g/mol. The van der Waals surface area contributed by atoms with Gasteiger partial charge in [0.2, 0.25) is 0 Å². The molecular formula is C13H13ClN2OS2. The summed E-state index contributed by atoms with van der Waals surface area (Å²) in [4.78, 5) is 11.7. The number of hydrogen-bond donors (Lipinski definition) is 0. The SMILES string of the molecule is Clc1nc(C2CSCCO2)nc2sc3c(c12)CCC3. The van der Waals surface area contributed by atoms with Crippen LogP contribution in [-0.2, 0) is 17.6 Å². The van der Waals surface area contributed by atoms with Crippen LogP contribution in [-0.4, -0.2) is 28.1 Å². The van der Waals surface area contributed by atoms with Gasteiger partial charge in [0, 0.05) is 16.4 Å². The Kier molecular flexibility index (Phi) is 3.18. The van der Waals surface area contributed by atoms with Crippen molar-refractivity contribution in [1.82, 2.24) is 9.97 Å². The van der Waals surface area contributed by atoms with Crippen LogP contribution in [0.1, 0.15) is 28.8 Å². The number of rotatable bonds is 1. The lowest BCUT2D eigenvalue weighted by Gasteiger charge is -2.20. The van der Waals surface area contributed by atoms with E-state index < -0.39 is 0 Å². The fourth-order valence-corrected chi connectivity index (χ4v) is 5.20. The predicted molar refractivity (Wildman–Crippen MR) is 80.5 cm³/mol. The van der Waals surface area contributed by atoms with Crippen molar-refractivity contribution < 1.29 is 4.74 Å². The highest BCUT2D eigenvalue weighted by atomic mass is 35.5. The molecule has 0 amide bonds. The van der Waals surface area contributed by atoms with Gasteiger partial charge in [0.1, 0.15) is 16.1 Å². The van der Waals surface area contributed by atoms with Crippen molar-refractivity contribution in [2.75, 3.05) is 18.1 Å². The number of nitrogens with zero attached hydrogens (tertiary/aromatic N) is 2. The minimum atomic E-state index is -0.00223. The molecule has 3 heterocycles. The van der Waals surface area contributed by atoms with Crippen LogP contribution in [0.3, 0.4) is 0 Å². The Bertz CT molecular complexity index is 637. The summed E-state index contributed by atoms with van der Waals surface area (Å²) in [5, 5.41) is 1.70. The van der Waals surface area contributed by atoms with Gasteiger partial charge in [-0.15, -0.1) is 11.3 Å². The Morgan fingerprint density at radius 3 is 3.05 bits per heavy atom. The highest BCUT2D eigenvalue weighted by Gasteiger charge is 2.25. The molecule has 1 saturated heterocycles. The highest BCUT2D eigenvalue weighted by Crippen LogP contribution is 2.40. The monoisotopic (exact) mass is 312 g/mol. The zero-order valence-corrected chi connectivity index (χ0v) is 12.7. The van der Waals surface area contributed by atoms with Gasteiger partial charge >= 0.3 is 0 Å². The van der Waals surface area contributed by atoms with Crippen molar-refractivity contribution in [3.05, 3.63) is 21.4 Å². The summed E-state index contributed by atoms with van der Waals surface area (Å²) in [6, 6.07) is 0. The predicted octanol–water partition coefficient (Wildman–Crippen LogP) is 3.64. The summed E-state index contributed by atoms with van der Waals surface area (Å²) < 4.78 is 5.75. The lowest BCUT2D eigenvalue weighted by atomic mass is 10.2. The molecule has 0 radical (unpaired) electrons. The van der Waals surface area contributed by atoms with Crippen LogP contribution in [0.2, 0.25) is 5.15 Å². The van der Waals surface area contributed by atoms with Crippen LogP contribution >= 0.6 is 34.7 Å². The molecule has 2 aliphatic rings. The van der Waals surface area contributed by atoms with Gasteiger partial charge in [-0.25, -0.2) is 9.97 Å². The summed E-state index contributed by atoms with van der Waals surface area (Å²) in [7, 11) is 0. The third kappa shape index (κ3) is 2.07. The van der Waals surface area contributed by atoms with E-state index in [1.165, 1.54) is 16.9 Å². The van der Waals surface area contributed by atoms with Gasteiger partial charge in [-0.2, -0.15) is 11.8 Å². The van der Waals surface area contributed by atoms with Crippen molar-refractivity contribution in [3.8, 4) is 0 Å². The van der Waals surface area contributed by atoms with Gasteiger partial charge in [-0.1, -0.05) is 11.6 Å². The van der Waals surface area contributed by atoms with Crippen molar-refractivity contribution in [2.45, 2.75) is 25.4 Å². The number of hydrogen-bond acceptors (Lipinski definition) is 5. The Hall–Kier alpha value is -0.360. The molecule has 6 heteroatoms. The van der Waals surface area contributed by atoms with Crippen LogP contribution in [0.15, 0.2) is 0 Å². The molecule has 0 saturated carbocycles. The molecule has 0 N–H and O–H groups in total. The number of ether oxygens (including phenoxy) is 1. The molecule has 1 aliphatic heterocycles. The molecule has 1 aliphatic carbocycles. The smallest absolute Gasteiger partial charge is 0.161 e. The maximum atomic E-state index is 6.40. The largest absolute Gasteiger partial charge is 0.368 e. The van der Waals surface area contributed by atoms with Crippen molar-refractivity contribution >= 4 is 44.9 Å². The molecule has 2 aromatic rings. The number of thioether (sulfide) groups is 1.